The summed E-state index contributed by atoms with van der Waals surface area (Å²) in [7, 11) is 0. The van der Waals surface area contributed by atoms with E-state index < -0.39 is 0 Å². The summed E-state index contributed by atoms with van der Waals surface area (Å²) in [5.74, 6) is 0. The summed E-state index contributed by atoms with van der Waals surface area (Å²) in [4.78, 5) is 0. The normalized spacial score (nSPS) is 17.2. The van der Waals surface area contributed by atoms with Gasteiger partial charge < -0.3 is 0 Å². The third-order valence-corrected chi connectivity index (χ3v) is 2.86. The molecule has 2 aliphatic carbocycles. The van der Waals surface area contributed by atoms with Crippen molar-refractivity contribution in [3.8, 4) is 0 Å². The van der Waals surface area contributed by atoms with E-state index in [1.165, 1.54) is 28.7 Å². The van der Waals surface area contributed by atoms with E-state index in [1.807, 2.05) is 0 Å². The fourth-order valence-electron chi connectivity index (χ4n) is 1.79. The van der Waals surface area contributed by atoms with Crippen LogP contribution in [0.4, 0.5) is 0 Å². The Hall–Kier alpha value is -0.170. The van der Waals surface area contributed by atoms with E-state index in [-0.39, 0.29) is 25.8 Å². The van der Waals surface area contributed by atoms with E-state index in [2.05, 4.69) is 52.0 Å². The summed E-state index contributed by atoms with van der Waals surface area (Å²) >= 11 is 0. The van der Waals surface area contributed by atoms with Crippen LogP contribution in [-0.4, -0.2) is 0 Å². The second-order valence-electron chi connectivity index (χ2n) is 4.37. The van der Waals surface area contributed by atoms with Gasteiger partial charge in [-0.2, -0.15) is 11.1 Å². The fraction of sp³-hybridized carbons (Fsp3) is 0.500. The second kappa shape index (κ2) is 8.85. The van der Waals surface area contributed by atoms with Gasteiger partial charge in [0.2, 0.25) is 0 Å². The van der Waals surface area contributed by atoms with Gasteiger partial charge in [0, 0.05) is 25.8 Å². The van der Waals surface area contributed by atoms with Crippen molar-refractivity contribution in [3.63, 3.8) is 0 Å². The van der Waals surface area contributed by atoms with E-state index in [0.29, 0.717) is 0 Å². The third kappa shape index (κ3) is 6.35. The summed E-state index contributed by atoms with van der Waals surface area (Å²) < 4.78 is 0. The number of allylic oxidation sites excluding steroid dienone is 8. The molecule has 0 saturated heterocycles. The molecule has 0 bridgehead atoms. The van der Waals surface area contributed by atoms with Gasteiger partial charge in [-0.1, -0.05) is 53.4 Å². The zero-order valence-electron chi connectivity index (χ0n) is 11.5. The Morgan fingerprint density at radius 1 is 1.00 bits per heavy atom. The molecule has 0 radical (unpaired) electrons. The molecule has 1 heteroatoms. The molecule has 0 aromatic rings. The predicted octanol–water partition coefficient (Wildman–Crippen LogP) is 4.95. The Morgan fingerprint density at radius 2 is 1.71 bits per heavy atom. The Balaban J connectivity index is 0.000000292. The SMILES string of the molecule is CC1=[C-]C(C)=CC1.CCC1=[C-]C(CC)=CC1.[Hf]. The van der Waals surface area contributed by atoms with E-state index >= 15 is 0 Å². The zero-order chi connectivity index (χ0) is 12.0. The molecular weight excluding hydrogens is 371 g/mol. The zero-order valence-corrected chi connectivity index (χ0v) is 15.1. The third-order valence-electron chi connectivity index (χ3n) is 2.86. The molecule has 17 heavy (non-hydrogen) atoms. The molecule has 2 aliphatic rings. The van der Waals surface area contributed by atoms with Crippen LogP contribution < -0.4 is 0 Å². The summed E-state index contributed by atoms with van der Waals surface area (Å²) in [5.41, 5.74) is 5.51. The minimum Gasteiger partial charge on any atom is -0.250 e. The quantitative estimate of drug-likeness (QED) is 0.461. The van der Waals surface area contributed by atoms with Crippen LogP contribution in [0.3, 0.4) is 0 Å². The van der Waals surface area contributed by atoms with Gasteiger partial charge in [-0.05, 0) is 0 Å². The first-order chi connectivity index (χ1) is 7.65. The van der Waals surface area contributed by atoms with Crippen LogP contribution in [0.25, 0.3) is 0 Å². The Morgan fingerprint density at radius 3 is 1.94 bits per heavy atom. The predicted molar refractivity (Wildman–Crippen MR) is 70.8 cm³/mol. The first-order valence-electron chi connectivity index (χ1n) is 6.22. The molecule has 0 aliphatic heterocycles. The van der Waals surface area contributed by atoms with Crippen molar-refractivity contribution in [2.24, 2.45) is 0 Å². The monoisotopic (exact) mass is 394 g/mol. The Kier molecular flexibility index (Phi) is 8.77. The molecule has 92 valence electrons. The van der Waals surface area contributed by atoms with Crippen molar-refractivity contribution in [2.45, 2.75) is 53.4 Å². The molecule has 0 nitrogen and oxygen atoms in total. The first kappa shape index (κ1) is 16.8. The van der Waals surface area contributed by atoms with Crippen LogP contribution in [0.2, 0.25) is 0 Å². The van der Waals surface area contributed by atoms with Crippen LogP contribution in [-0.2, 0) is 25.8 Å². The van der Waals surface area contributed by atoms with Crippen molar-refractivity contribution in [1.29, 1.82) is 0 Å². The summed E-state index contributed by atoms with van der Waals surface area (Å²) in [6, 6.07) is 0. The van der Waals surface area contributed by atoms with Crippen LogP contribution in [0.15, 0.2) is 34.4 Å². The van der Waals surface area contributed by atoms with Gasteiger partial charge in [0.1, 0.15) is 0 Å². The molecule has 0 heterocycles. The molecular formula is C16H22Hf-2. The number of hydrogen-bond donors (Lipinski definition) is 0. The van der Waals surface area contributed by atoms with Crippen molar-refractivity contribution in [2.75, 3.05) is 0 Å². The van der Waals surface area contributed by atoms with E-state index in [0.717, 1.165) is 19.3 Å². The maximum Gasteiger partial charge on any atom is 0 e. The molecule has 0 aromatic heterocycles. The van der Waals surface area contributed by atoms with Gasteiger partial charge in [-0.3, -0.25) is 6.08 Å². The van der Waals surface area contributed by atoms with Gasteiger partial charge in [0.25, 0.3) is 0 Å². The first-order valence-corrected chi connectivity index (χ1v) is 6.22. The molecule has 0 amide bonds. The number of hydrogen-bond acceptors (Lipinski definition) is 0. The molecule has 0 N–H and O–H groups in total. The average Bonchev–Trinajstić information content (AvgIpc) is 2.88. The van der Waals surface area contributed by atoms with E-state index in [1.54, 1.807) is 0 Å². The summed E-state index contributed by atoms with van der Waals surface area (Å²) in [6.45, 7) is 8.55. The van der Waals surface area contributed by atoms with Gasteiger partial charge in [0.15, 0.2) is 0 Å². The van der Waals surface area contributed by atoms with Gasteiger partial charge >= 0.3 is 0 Å². The topological polar surface area (TPSA) is 0 Å². The van der Waals surface area contributed by atoms with Crippen LogP contribution in [0, 0.1) is 12.2 Å². The molecule has 0 spiro atoms. The van der Waals surface area contributed by atoms with Gasteiger partial charge in [-0.25, -0.2) is 29.4 Å². The Bertz CT molecular complexity index is 354. The standard InChI is InChI=1S/C9H13.C7H9.Hf/c1-3-8-5-6-9(4-2)7-8;1-6-3-4-7(2)5-6;/h5H,3-4,6H2,1-2H3;3H,4H2,1-2H3;/q2*-1;. The summed E-state index contributed by atoms with van der Waals surface area (Å²) in [6.07, 6.45) is 15.6. The van der Waals surface area contributed by atoms with Crippen molar-refractivity contribution < 1.29 is 25.8 Å². The molecule has 0 saturated carbocycles. The second-order valence-corrected chi connectivity index (χ2v) is 4.37. The van der Waals surface area contributed by atoms with Crippen molar-refractivity contribution in [1.82, 2.24) is 0 Å². The largest absolute Gasteiger partial charge is 0.250 e. The number of rotatable bonds is 2. The minimum absolute atomic E-state index is 0. The average molecular weight is 393 g/mol. The van der Waals surface area contributed by atoms with Crippen LogP contribution in [0.5, 0.6) is 0 Å². The van der Waals surface area contributed by atoms with Crippen molar-refractivity contribution in [3.05, 3.63) is 46.6 Å². The molecule has 0 unspecified atom stereocenters. The van der Waals surface area contributed by atoms with Gasteiger partial charge in [-0.15, -0.1) is 0 Å². The summed E-state index contributed by atoms with van der Waals surface area (Å²) in [5, 5.41) is 0. The molecule has 0 aromatic carbocycles. The van der Waals surface area contributed by atoms with Gasteiger partial charge in [0.05, 0.1) is 0 Å². The smallest absolute Gasteiger partial charge is 0 e. The van der Waals surface area contributed by atoms with E-state index in [9.17, 15) is 0 Å². The molecule has 2 rings (SSSR count). The fourth-order valence-corrected chi connectivity index (χ4v) is 1.79. The minimum atomic E-state index is 0. The van der Waals surface area contributed by atoms with Crippen LogP contribution >= 0.6 is 0 Å². The maximum absolute atomic E-state index is 3.37. The van der Waals surface area contributed by atoms with Crippen molar-refractivity contribution >= 4 is 0 Å². The van der Waals surface area contributed by atoms with Crippen LogP contribution in [0.1, 0.15) is 53.4 Å². The maximum atomic E-state index is 3.37. The Labute approximate surface area is 125 Å². The van der Waals surface area contributed by atoms with E-state index in [4.69, 9.17) is 0 Å². The molecule has 0 fully saturated rings. The molecule has 0 atom stereocenters.